The first-order valence-corrected chi connectivity index (χ1v) is 5.86. The van der Waals surface area contributed by atoms with Crippen LogP contribution < -0.4 is 0 Å². The van der Waals surface area contributed by atoms with Crippen LogP contribution in [0.4, 0.5) is 8.78 Å². The van der Waals surface area contributed by atoms with E-state index in [4.69, 9.17) is 0 Å². The van der Waals surface area contributed by atoms with Gasteiger partial charge in [-0.1, -0.05) is 28.4 Å². The lowest BCUT2D eigenvalue weighted by Crippen LogP contribution is -1.92. The first kappa shape index (κ1) is 11.6. The Kier molecular flexibility index (Phi) is 5.09. The van der Waals surface area contributed by atoms with E-state index in [1.165, 1.54) is 12.1 Å². The van der Waals surface area contributed by atoms with Crippen molar-refractivity contribution in [2.75, 3.05) is 5.33 Å². The summed E-state index contributed by atoms with van der Waals surface area (Å²) in [7, 11) is 0. The number of hydrogen-bond acceptors (Lipinski definition) is 0. The van der Waals surface area contributed by atoms with Crippen molar-refractivity contribution in [3.05, 3.63) is 35.4 Å². The van der Waals surface area contributed by atoms with Crippen LogP contribution in [0.3, 0.4) is 0 Å². The van der Waals surface area contributed by atoms with Gasteiger partial charge in [-0.3, -0.25) is 0 Å². The summed E-state index contributed by atoms with van der Waals surface area (Å²) >= 11 is 3.34. The van der Waals surface area contributed by atoms with E-state index < -0.39 is 11.6 Å². The molecule has 0 fully saturated rings. The molecule has 0 radical (unpaired) electrons. The molecule has 0 atom stereocenters. The summed E-state index contributed by atoms with van der Waals surface area (Å²) in [4.78, 5) is 0. The molecule has 1 rings (SSSR count). The van der Waals surface area contributed by atoms with Crippen molar-refractivity contribution in [1.82, 2.24) is 0 Å². The maximum absolute atomic E-state index is 13.1. The Morgan fingerprint density at radius 2 is 1.86 bits per heavy atom. The van der Waals surface area contributed by atoms with Gasteiger partial charge in [-0.05, 0) is 30.9 Å². The number of unbranched alkanes of at least 4 members (excludes halogenated alkanes) is 2. The van der Waals surface area contributed by atoms with Gasteiger partial charge in [0.2, 0.25) is 0 Å². The van der Waals surface area contributed by atoms with Crippen LogP contribution in [0, 0.1) is 11.6 Å². The zero-order valence-corrected chi connectivity index (χ0v) is 9.49. The van der Waals surface area contributed by atoms with Crippen molar-refractivity contribution >= 4 is 15.9 Å². The largest absolute Gasteiger partial charge is 0.207 e. The summed E-state index contributed by atoms with van der Waals surface area (Å²) in [5.41, 5.74) is 0.612. The first-order valence-electron chi connectivity index (χ1n) is 4.74. The molecular formula is C11H13BrF2. The minimum atomic E-state index is -0.508. The highest BCUT2D eigenvalue weighted by Crippen LogP contribution is 2.13. The average Bonchev–Trinajstić information content (AvgIpc) is 2.15. The minimum absolute atomic E-state index is 0.427. The van der Waals surface area contributed by atoms with E-state index in [9.17, 15) is 8.78 Å². The van der Waals surface area contributed by atoms with Gasteiger partial charge in [-0.25, -0.2) is 8.78 Å². The number of hydrogen-bond donors (Lipinski definition) is 0. The van der Waals surface area contributed by atoms with Crippen molar-refractivity contribution in [2.24, 2.45) is 0 Å². The Hall–Kier alpha value is -0.440. The molecular weight excluding hydrogens is 250 g/mol. The fourth-order valence-corrected chi connectivity index (χ4v) is 1.71. The lowest BCUT2D eigenvalue weighted by molar-refractivity contribution is 0.567. The van der Waals surface area contributed by atoms with E-state index in [1.54, 1.807) is 0 Å². The lowest BCUT2D eigenvalue weighted by Gasteiger charge is -2.02. The highest BCUT2D eigenvalue weighted by atomic mass is 79.9. The predicted molar refractivity (Wildman–Crippen MR) is 57.7 cm³/mol. The number of aryl methyl sites for hydroxylation is 1. The van der Waals surface area contributed by atoms with Crippen LogP contribution in [0.5, 0.6) is 0 Å². The molecule has 0 N–H and O–H groups in total. The fraction of sp³-hybridized carbons (Fsp3) is 0.455. The number of rotatable bonds is 5. The SMILES string of the molecule is Fc1ccc(CCCCCBr)c(F)c1. The highest BCUT2D eigenvalue weighted by molar-refractivity contribution is 9.09. The Bertz CT molecular complexity index is 287. The van der Waals surface area contributed by atoms with Gasteiger partial charge in [0.15, 0.2) is 0 Å². The van der Waals surface area contributed by atoms with Gasteiger partial charge < -0.3 is 0 Å². The summed E-state index contributed by atoms with van der Waals surface area (Å²) in [5, 5.41) is 0.985. The van der Waals surface area contributed by atoms with Crippen LogP contribution in [0.2, 0.25) is 0 Å². The maximum atomic E-state index is 13.1. The molecule has 0 bridgehead atoms. The van der Waals surface area contributed by atoms with Crippen LogP contribution in [0.1, 0.15) is 24.8 Å². The quantitative estimate of drug-likeness (QED) is 0.554. The van der Waals surface area contributed by atoms with E-state index >= 15 is 0 Å². The molecule has 0 aliphatic carbocycles. The fourth-order valence-electron chi connectivity index (χ4n) is 1.31. The summed E-state index contributed by atoms with van der Waals surface area (Å²) in [5.74, 6) is -0.935. The summed E-state index contributed by atoms with van der Waals surface area (Å²) in [6.07, 6.45) is 3.82. The Balaban J connectivity index is 2.42. The molecule has 0 amide bonds. The third-order valence-electron chi connectivity index (χ3n) is 2.09. The summed E-state index contributed by atoms with van der Waals surface area (Å²) < 4.78 is 25.7. The van der Waals surface area contributed by atoms with Crippen LogP contribution in [0.15, 0.2) is 18.2 Å². The molecule has 78 valence electrons. The van der Waals surface area contributed by atoms with Gasteiger partial charge >= 0.3 is 0 Å². The molecule has 0 aromatic heterocycles. The van der Waals surface area contributed by atoms with E-state index in [2.05, 4.69) is 15.9 Å². The molecule has 0 aliphatic rings. The maximum Gasteiger partial charge on any atom is 0.129 e. The molecule has 0 saturated heterocycles. The topological polar surface area (TPSA) is 0 Å². The van der Waals surface area contributed by atoms with Crippen molar-refractivity contribution < 1.29 is 8.78 Å². The van der Waals surface area contributed by atoms with E-state index in [0.717, 1.165) is 30.7 Å². The van der Waals surface area contributed by atoms with Crippen molar-refractivity contribution in [3.63, 3.8) is 0 Å². The van der Waals surface area contributed by atoms with Crippen LogP contribution in [-0.2, 0) is 6.42 Å². The monoisotopic (exact) mass is 262 g/mol. The van der Waals surface area contributed by atoms with Crippen LogP contribution >= 0.6 is 15.9 Å². The highest BCUT2D eigenvalue weighted by Gasteiger charge is 2.02. The second-order valence-corrected chi connectivity index (χ2v) is 4.03. The van der Waals surface area contributed by atoms with Crippen LogP contribution in [-0.4, -0.2) is 5.33 Å². The van der Waals surface area contributed by atoms with Crippen molar-refractivity contribution in [1.29, 1.82) is 0 Å². The third kappa shape index (κ3) is 3.74. The van der Waals surface area contributed by atoms with E-state index in [0.29, 0.717) is 12.0 Å². The molecule has 1 aromatic carbocycles. The Labute approximate surface area is 91.5 Å². The molecule has 0 nitrogen and oxygen atoms in total. The molecule has 0 spiro atoms. The smallest absolute Gasteiger partial charge is 0.129 e. The zero-order chi connectivity index (χ0) is 10.4. The summed E-state index contributed by atoms with van der Waals surface area (Å²) in [6, 6.07) is 3.78. The van der Waals surface area contributed by atoms with Crippen molar-refractivity contribution in [3.8, 4) is 0 Å². The normalized spacial score (nSPS) is 10.5. The predicted octanol–water partition coefficient (Wildman–Crippen LogP) is 4.07. The van der Waals surface area contributed by atoms with E-state index in [-0.39, 0.29) is 0 Å². The molecule has 14 heavy (non-hydrogen) atoms. The number of halogens is 3. The second kappa shape index (κ2) is 6.12. The van der Waals surface area contributed by atoms with Gasteiger partial charge in [0, 0.05) is 11.4 Å². The molecule has 0 heterocycles. The molecule has 0 saturated carbocycles. The van der Waals surface area contributed by atoms with Crippen LogP contribution in [0.25, 0.3) is 0 Å². The van der Waals surface area contributed by atoms with Gasteiger partial charge in [-0.15, -0.1) is 0 Å². The van der Waals surface area contributed by atoms with Gasteiger partial charge in [-0.2, -0.15) is 0 Å². The lowest BCUT2D eigenvalue weighted by atomic mass is 10.1. The van der Waals surface area contributed by atoms with Gasteiger partial charge in [0.05, 0.1) is 0 Å². The van der Waals surface area contributed by atoms with Gasteiger partial charge in [0.1, 0.15) is 11.6 Å². The Morgan fingerprint density at radius 3 is 2.50 bits per heavy atom. The standard InChI is InChI=1S/C11H13BrF2/c12-7-3-1-2-4-9-5-6-10(13)8-11(9)14/h5-6,8H,1-4,7H2. The van der Waals surface area contributed by atoms with Crippen molar-refractivity contribution in [2.45, 2.75) is 25.7 Å². The molecule has 0 aliphatic heterocycles. The van der Waals surface area contributed by atoms with E-state index in [1.807, 2.05) is 0 Å². The Morgan fingerprint density at radius 1 is 1.07 bits per heavy atom. The second-order valence-electron chi connectivity index (χ2n) is 3.24. The third-order valence-corrected chi connectivity index (χ3v) is 2.66. The zero-order valence-electron chi connectivity index (χ0n) is 7.90. The van der Waals surface area contributed by atoms with Gasteiger partial charge in [0.25, 0.3) is 0 Å². The molecule has 1 aromatic rings. The molecule has 0 unspecified atom stereocenters. The molecule has 3 heteroatoms. The average molecular weight is 263 g/mol. The first-order chi connectivity index (χ1) is 6.74. The number of alkyl halides is 1. The number of benzene rings is 1. The minimum Gasteiger partial charge on any atom is -0.207 e. The summed E-state index contributed by atoms with van der Waals surface area (Å²) in [6.45, 7) is 0.